The number of anilines is 1. The first kappa shape index (κ1) is 12.4. The van der Waals surface area contributed by atoms with Crippen LogP contribution in [0, 0.1) is 5.41 Å². The molecule has 2 atom stereocenters. The summed E-state index contributed by atoms with van der Waals surface area (Å²) in [6.07, 6.45) is 4.75. The molecule has 0 aromatic carbocycles. The van der Waals surface area contributed by atoms with Crippen LogP contribution in [0.15, 0.2) is 0 Å². The molecule has 1 aliphatic carbocycles. The van der Waals surface area contributed by atoms with Crippen molar-refractivity contribution in [2.24, 2.45) is 11.1 Å². The summed E-state index contributed by atoms with van der Waals surface area (Å²) in [6.45, 7) is 8.06. The first-order chi connectivity index (χ1) is 8.46. The lowest BCUT2D eigenvalue weighted by Crippen LogP contribution is -2.29. The Morgan fingerprint density at radius 2 is 2.22 bits per heavy atom. The molecular weight excluding hydrogens is 242 g/mol. The molecule has 2 heterocycles. The van der Waals surface area contributed by atoms with Crippen molar-refractivity contribution in [3.8, 4) is 0 Å². The topological polar surface area (TPSA) is 42.2 Å². The number of hydrogen-bond donors (Lipinski definition) is 1. The van der Waals surface area contributed by atoms with E-state index in [1.54, 1.807) is 0 Å². The summed E-state index contributed by atoms with van der Waals surface area (Å²) in [5.41, 5.74) is 7.88. The minimum atomic E-state index is 0.188. The van der Waals surface area contributed by atoms with Crippen molar-refractivity contribution >= 4 is 16.5 Å². The van der Waals surface area contributed by atoms with E-state index in [1.165, 1.54) is 28.5 Å². The smallest absolute Gasteiger partial charge is 0.186 e. The van der Waals surface area contributed by atoms with Gasteiger partial charge >= 0.3 is 0 Å². The zero-order valence-electron chi connectivity index (χ0n) is 11.6. The van der Waals surface area contributed by atoms with E-state index in [1.807, 2.05) is 11.3 Å². The number of hydrogen-bond acceptors (Lipinski definition) is 4. The third kappa shape index (κ3) is 2.05. The van der Waals surface area contributed by atoms with Crippen LogP contribution >= 0.6 is 11.3 Å². The molecule has 0 spiro atoms. The maximum atomic E-state index is 6.32. The summed E-state index contributed by atoms with van der Waals surface area (Å²) < 4.78 is 0. The average Bonchev–Trinajstić information content (AvgIpc) is 2.82. The van der Waals surface area contributed by atoms with E-state index in [-0.39, 0.29) is 6.04 Å². The van der Waals surface area contributed by atoms with Crippen LogP contribution < -0.4 is 10.6 Å². The lowest BCUT2D eigenvalue weighted by molar-refractivity contribution is 0.282. The third-order valence-corrected chi connectivity index (χ3v) is 5.54. The minimum Gasteiger partial charge on any atom is -0.345 e. The minimum absolute atomic E-state index is 0.188. The number of nitrogens with zero attached hydrogens (tertiary/aromatic N) is 2. The van der Waals surface area contributed by atoms with E-state index in [0.717, 1.165) is 19.4 Å². The third-order valence-electron chi connectivity index (χ3n) is 4.27. The highest BCUT2D eigenvalue weighted by atomic mass is 32.1. The predicted octanol–water partition coefficient (Wildman–Crippen LogP) is 3.10. The lowest BCUT2D eigenvalue weighted by Gasteiger charge is -2.32. The van der Waals surface area contributed by atoms with Crippen LogP contribution in [0.4, 0.5) is 5.13 Å². The molecule has 1 saturated heterocycles. The Balaban J connectivity index is 1.92. The normalized spacial score (nSPS) is 30.6. The van der Waals surface area contributed by atoms with Gasteiger partial charge in [-0.25, -0.2) is 4.98 Å². The SMILES string of the molecule is CC1CCCN1c1nc2c(s1)C(N)CC(C)(C)C2. The summed E-state index contributed by atoms with van der Waals surface area (Å²) in [4.78, 5) is 8.69. The van der Waals surface area contributed by atoms with Gasteiger partial charge in [-0.2, -0.15) is 0 Å². The Morgan fingerprint density at radius 1 is 1.44 bits per heavy atom. The molecule has 3 rings (SSSR count). The Kier molecular flexibility index (Phi) is 2.90. The zero-order chi connectivity index (χ0) is 12.9. The first-order valence-electron chi connectivity index (χ1n) is 6.98. The van der Waals surface area contributed by atoms with Crippen LogP contribution in [0.5, 0.6) is 0 Å². The van der Waals surface area contributed by atoms with E-state index in [0.29, 0.717) is 11.5 Å². The van der Waals surface area contributed by atoms with Crippen molar-refractivity contribution in [1.29, 1.82) is 0 Å². The van der Waals surface area contributed by atoms with Gasteiger partial charge in [0.25, 0.3) is 0 Å². The lowest BCUT2D eigenvalue weighted by atomic mass is 9.77. The van der Waals surface area contributed by atoms with Crippen LogP contribution in [0.25, 0.3) is 0 Å². The molecule has 4 heteroatoms. The van der Waals surface area contributed by atoms with Gasteiger partial charge in [-0.05, 0) is 38.0 Å². The Hall–Kier alpha value is -0.610. The fourth-order valence-corrected chi connectivity index (χ4v) is 4.53. The van der Waals surface area contributed by atoms with Gasteiger partial charge in [-0.1, -0.05) is 25.2 Å². The number of thiazole rings is 1. The molecule has 100 valence electrons. The van der Waals surface area contributed by atoms with E-state index in [4.69, 9.17) is 10.7 Å². The van der Waals surface area contributed by atoms with Gasteiger partial charge in [0.1, 0.15) is 0 Å². The fraction of sp³-hybridized carbons (Fsp3) is 0.786. The second-order valence-corrected chi connectivity index (χ2v) is 7.65. The molecule has 3 nitrogen and oxygen atoms in total. The number of nitrogens with two attached hydrogens (primary N) is 1. The predicted molar refractivity (Wildman–Crippen MR) is 77.2 cm³/mol. The quantitative estimate of drug-likeness (QED) is 0.848. The largest absolute Gasteiger partial charge is 0.345 e. The van der Waals surface area contributed by atoms with Gasteiger partial charge in [-0.15, -0.1) is 0 Å². The van der Waals surface area contributed by atoms with E-state index < -0.39 is 0 Å². The maximum Gasteiger partial charge on any atom is 0.186 e. The summed E-state index contributed by atoms with van der Waals surface area (Å²) in [6, 6.07) is 0.828. The van der Waals surface area contributed by atoms with Crippen LogP contribution in [-0.4, -0.2) is 17.6 Å². The molecule has 0 saturated carbocycles. The van der Waals surface area contributed by atoms with E-state index in [9.17, 15) is 0 Å². The first-order valence-corrected chi connectivity index (χ1v) is 7.80. The van der Waals surface area contributed by atoms with Crippen molar-refractivity contribution in [2.75, 3.05) is 11.4 Å². The average molecular weight is 265 g/mol. The molecule has 1 aliphatic heterocycles. The van der Waals surface area contributed by atoms with Crippen LogP contribution in [0.3, 0.4) is 0 Å². The molecule has 2 aliphatic rings. The molecule has 0 bridgehead atoms. The molecule has 1 aromatic rings. The van der Waals surface area contributed by atoms with Crippen molar-refractivity contribution < 1.29 is 0 Å². The Bertz CT molecular complexity index is 452. The van der Waals surface area contributed by atoms with Crippen molar-refractivity contribution in [3.05, 3.63) is 10.6 Å². The van der Waals surface area contributed by atoms with Crippen molar-refractivity contribution in [3.63, 3.8) is 0 Å². The zero-order valence-corrected chi connectivity index (χ0v) is 12.4. The highest BCUT2D eigenvalue weighted by molar-refractivity contribution is 7.15. The van der Waals surface area contributed by atoms with Crippen LogP contribution in [-0.2, 0) is 6.42 Å². The summed E-state index contributed by atoms with van der Waals surface area (Å²) >= 11 is 1.83. The van der Waals surface area contributed by atoms with E-state index in [2.05, 4.69) is 25.7 Å². The summed E-state index contributed by atoms with van der Waals surface area (Å²) in [7, 11) is 0. The molecule has 1 aromatic heterocycles. The number of aromatic nitrogens is 1. The van der Waals surface area contributed by atoms with Gasteiger partial charge in [0.2, 0.25) is 0 Å². The molecule has 2 unspecified atom stereocenters. The van der Waals surface area contributed by atoms with Gasteiger partial charge in [0.15, 0.2) is 5.13 Å². The van der Waals surface area contributed by atoms with E-state index >= 15 is 0 Å². The molecule has 2 N–H and O–H groups in total. The second kappa shape index (κ2) is 4.20. The molecule has 1 fully saturated rings. The fourth-order valence-electron chi connectivity index (χ4n) is 3.32. The second-order valence-electron chi connectivity index (χ2n) is 6.64. The maximum absolute atomic E-state index is 6.32. The number of rotatable bonds is 1. The monoisotopic (exact) mass is 265 g/mol. The van der Waals surface area contributed by atoms with Gasteiger partial charge in [-0.3, -0.25) is 0 Å². The highest BCUT2D eigenvalue weighted by Gasteiger charge is 2.34. The van der Waals surface area contributed by atoms with Crippen molar-refractivity contribution in [2.45, 2.75) is 58.5 Å². The summed E-state index contributed by atoms with van der Waals surface area (Å²) in [5, 5.41) is 1.21. The van der Waals surface area contributed by atoms with Crippen LogP contribution in [0.1, 0.15) is 56.6 Å². The van der Waals surface area contributed by atoms with Gasteiger partial charge in [0.05, 0.1) is 5.69 Å². The Labute approximate surface area is 113 Å². The Morgan fingerprint density at radius 3 is 2.89 bits per heavy atom. The molecule has 0 amide bonds. The van der Waals surface area contributed by atoms with Crippen molar-refractivity contribution in [1.82, 2.24) is 4.98 Å². The number of fused-ring (bicyclic) bond motifs is 1. The summed E-state index contributed by atoms with van der Waals surface area (Å²) in [5.74, 6) is 0. The standard InChI is InChI=1S/C14H23N3S/c1-9-5-4-6-17(9)13-16-11-8-14(2,3)7-10(15)12(11)18-13/h9-10H,4-8,15H2,1-3H3. The highest BCUT2D eigenvalue weighted by Crippen LogP contribution is 2.44. The van der Waals surface area contributed by atoms with Gasteiger partial charge < -0.3 is 10.6 Å². The molecular formula is C14H23N3S. The van der Waals surface area contributed by atoms with Crippen LogP contribution in [0.2, 0.25) is 0 Å². The van der Waals surface area contributed by atoms with Gasteiger partial charge in [0, 0.05) is 23.5 Å². The molecule has 0 radical (unpaired) electrons. The molecule has 18 heavy (non-hydrogen) atoms.